The Balaban J connectivity index is 2.54. The summed E-state index contributed by atoms with van der Waals surface area (Å²) < 4.78 is 4.92. The Bertz CT molecular complexity index is 210. The molecule has 0 saturated carbocycles. The zero-order chi connectivity index (χ0) is 10.7. The van der Waals surface area contributed by atoms with E-state index in [0.29, 0.717) is 0 Å². The molecule has 1 amide bonds. The molecule has 14 heavy (non-hydrogen) atoms. The van der Waals surface area contributed by atoms with E-state index in [1.54, 1.807) is 0 Å². The van der Waals surface area contributed by atoms with Crippen LogP contribution in [0.25, 0.3) is 0 Å². The van der Waals surface area contributed by atoms with Gasteiger partial charge in [-0.05, 0) is 0 Å². The van der Waals surface area contributed by atoms with Gasteiger partial charge < -0.3 is 20.6 Å². The number of nitrogens with one attached hydrogen (secondary N) is 1. The average molecular weight is 204 g/mol. The number of carbonyl (C=O) groups is 1. The quantitative estimate of drug-likeness (QED) is 0.381. The van der Waals surface area contributed by atoms with Crippen molar-refractivity contribution in [1.29, 1.82) is 0 Å². The first-order chi connectivity index (χ1) is 6.56. The molecule has 4 N–H and O–H groups in total. The van der Waals surface area contributed by atoms with Gasteiger partial charge in [-0.3, -0.25) is 4.79 Å². The summed E-state index contributed by atoms with van der Waals surface area (Å²) in [6.07, 6.45) is -3.21. The van der Waals surface area contributed by atoms with Gasteiger partial charge in [0.25, 0.3) is 6.61 Å². The molecule has 0 aliphatic carbocycles. The zero-order valence-corrected chi connectivity index (χ0v) is 7.75. The number of ether oxygens (including phenoxy) is 1. The lowest BCUT2D eigenvalue weighted by molar-refractivity contribution is -0.144. The second-order valence-corrected chi connectivity index (χ2v) is 3.20. The van der Waals surface area contributed by atoms with Gasteiger partial charge in [0, 0.05) is 6.92 Å². The van der Waals surface area contributed by atoms with Gasteiger partial charge in [0.1, 0.15) is 12.2 Å². The highest BCUT2D eigenvalue weighted by atomic mass is 16.5. The van der Waals surface area contributed by atoms with Gasteiger partial charge in [0.05, 0.1) is 6.61 Å². The summed E-state index contributed by atoms with van der Waals surface area (Å²) in [6, 6.07) is -0.745. The SMILES string of the molecule is CC(=O)NC1[CH+]O[C@H](CO)[C@@H](O)[C@@H]1O. The lowest BCUT2D eigenvalue weighted by Gasteiger charge is -2.29. The topological polar surface area (TPSA) is 99.0 Å². The molecule has 1 aliphatic heterocycles. The van der Waals surface area contributed by atoms with Crippen molar-refractivity contribution in [2.24, 2.45) is 0 Å². The van der Waals surface area contributed by atoms with Crippen molar-refractivity contribution >= 4 is 5.91 Å². The molecule has 6 nitrogen and oxygen atoms in total. The highest BCUT2D eigenvalue weighted by Gasteiger charge is 2.45. The van der Waals surface area contributed by atoms with Crippen molar-refractivity contribution in [3.8, 4) is 0 Å². The molecule has 1 unspecified atom stereocenters. The van der Waals surface area contributed by atoms with Gasteiger partial charge in [-0.25, -0.2) is 0 Å². The second-order valence-electron chi connectivity index (χ2n) is 3.20. The van der Waals surface area contributed by atoms with Crippen molar-refractivity contribution in [1.82, 2.24) is 5.32 Å². The van der Waals surface area contributed by atoms with Gasteiger partial charge in [0.2, 0.25) is 11.9 Å². The fraction of sp³-hybridized carbons (Fsp3) is 0.750. The minimum Gasteiger partial charge on any atom is -0.393 e. The summed E-state index contributed by atoms with van der Waals surface area (Å²) in [5, 5.41) is 30.1. The average Bonchev–Trinajstić information content (AvgIpc) is 2.13. The molecule has 0 spiro atoms. The van der Waals surface area contributed by atoms with Crippen LogP contribution >= 0.6 is 0 Å². The maximum Gasteiger partial charge on any atom is 0.254 e. The van der Waals surface area contributed by atoms with Crippen LogP contribution in [0, 0.1) is 6.61 Å². The number of aliphatic hydroxyl groups excluding tert-OH is 3. The summed E-state index contributed by atoms with van der Waals surface area (Å²) in [6.45, 7) is 2.12. The van der Waals surface area contributed by atoms with Crippen LogP contribution in [0.5, 0.6) is 0 Å². The first-order valence-electron chi connectivity index (χ1n) is 4.29. The van der Waals surface area contributed by atoms with Crippen molar-refractivity contribution in [2.75, 3.05) is 6.61 Å². The first kappa shape index (κ1) is 11.3. The molecule has 1 fully saturated rings. The first-order valence-corrected chi connectivity index (χ1v) is 4.29. The molecular weight excluding hydrogens is 190 g/mol. The lowest BCUT2D eigenvalue weighted by Crippen LogP contribution is -2.57. The van der Waals surface area contributed by atoms with E-state index >= 15 is 0 Å². The van der Waals surface area contributed by atoms with E-state index in [9.17, 15) is 15.0 Å². The molecule has 1 saturated heterocycles. The highest BCUT2D eigenvalue weighted by Crippen LogP contribution is 2.17. The summed E-state index contributed by atoms with van der Waals surface area (Å²) in [4.78, 5) is 10.7. The van der Waals surface area contributed by atoms with Gasteiger partial charge in [-0.2, -0.15) is 4.74 Å². The molecule has 0 radical (unpaired) electrons. The molecule has 6 heteroatoms. The van der Waals surface area contributed by atoms with Crippen LogP contribution < -0.4 is 5.32 Å². The Hall–Kier alpha value is -0.820. The number of amides is 1. The van der Waals surface area contributed by atoms with E-state index in [1.165, 1.54) is 13.5 Å². The number of hydrogen-bond acceptors (Lipinski definition) is 5. The second kappa shape index (κ2) is 4.61. The maximum atomic E-state index is 10.7. The molecule has 1 rings (SSSR count). The Labute approximate surface area is 81.5 Å². The summed E-state index contributed by atoms with van der Waals surface area (Å²) in [7, 11) is 0. The standard InChI is InChI=1S/C8H13NO5/c1-4(11)9-5-3-14-6(2-10)8(13)7(5)12/h3,5-8,10,12-13H,2H2,1H3/p+1/t5?,6-,7-,8-/m1/s1. The van der Waals surface area contributed by atoms with Gasteiger partial charge >= 0.3 is 0 Å². The van der Waals surface area contributed by atoms with Crippen LogP contribution in [0.15, 0.2) is 0 Å². The van der Waals surface area contributed by atoms with Crippen molar-refractivity contribution in [3.63, 3.8) is 0 Å². The maximum absolute atomic E-state index is 10.7. The normalized spacial score (nSPS) is 37.4. The predicted octanol–water partition coefficient (Wildman–Crippen LogP) is -2.23. The van der Waals surface area contributed by atoms with E-state index in [-0.39, 0.29) is 12.5 Å². The van der Waals surface area contributed by atoms with E-state index in [0.717, 1.165) is 0 Å². The molecule has 1 heterocycles. The molecule has 0 aromatic carbocycles. The number of hydrogen-bond donors (Lipinski definition) is 4. The van der Waals surface area contributed by atoms with E-state index < -0.39 is 24.4 Å². The minimum absolute atomic E-state index is 0.330. The predicted molar refractivity (Wildman–Crippen MR) is 45.9 cm³/mol. The van der Waals surface area contributed by atoms with Gasteiger partial charge in [0.15, 0.2) is 6.10 Å². The Morgan fingerprint density at radius 3 is 2.64 bits per heavy atom. The molecule has 80 valence electrons. The molecule has 0 aromatic rings. The summed E-state index contributed by atoms with van der Waals surface area (Å²) in [5.41, 5.74) is 0. The monoisotopic (exact) mass is 204 g/mol. The molecule has 4 atom stereocenters. The lowest BCUT2D eigenvalue weighted by atomic mass is 9.98. The molecule has 0 bridgehead atoms. The van der Waals surface area contributed by atoms with E-state index in [4.69, 9.17) is 9.84 Å². The van der Waals surface area contributed by atoms with Crippen molar-refractivity contribution in [2.45, 2.75) is 31.3 Å². The molecule has 0 aromatic heterocycles. The minimum atomic E-state index is -1.21. The van der Waals surface area contributed by atoms with Gasteiger partial charge in [-0.1, -0.05) is 0 Å². The third-order valence-corrected chi connectivity index (χ3v) is 2.05. The van der Waals surface area contributed by atoms with Crippen molar-refractivity contribution < 1.29 is 24.9 Å². The Kier molecular flexibility index (Phi) is 3.70. The number of aliphatic hydroxyl groups is 3. The fourth-order valence-corrected chi connectivity index (χ4v) is 1.28. The van der Waals surface area contributed by atoms with Crippen molar-refractivity contribution in [3.05, 3.63) is 6.61 Å². The number of carbonyl (C=O) groups excluding carboxylic acids is 1. The van der Waals surface area contributed by atoms with Crippen LogP contribution in [-0.2, 0) is 9.53 Å². The Morgan fingerprint density at radius 2 is 2.14 bits per heavy atom. The van der Waals surface area contributed by atoms with Crippen LogP contribution in [0.1, 0.15) is 6.92 Å². The Morgan fingerprint density at radius 1 is 1.50 bits per heavy atom. The van der Waals surface area contributed by atoms with E-state index in [1.807, 2.05) is 0 Å². The third-order valence-electron chi connectivity index (χ3n) is 2.05. The van der Waals surface area contributed by atoms with Gasteiger partial charge in [-0.15, -0.1) is 0 Å². The number of rotatable bonds is 2. The van der Waals surface area contributed by atoms with E-state index in [2.05, 4.69) is 5.32 Å². The van der Waals surface area contributed by atoms with Crippen LogP contribution in [-0.4, -0.2) is 52.2 Å². The third kappa shape index (κ3) is 2.36. The highest BCUT2D eigenvalue weighted by molar-refractivity contribution is 5.73. The summed E-state index contributed by atoms with van der Waals surface area (Å²) >= 11 is 0. The van der Waals surface area contributed by atoms with Crippen LogP contribution in [0.2, 0.25) is 0 Å². The largest absolute Gasteiger partial charge is 0.393 e. The zero-order valence-electron chi connectivity index (χ0n) is 7.75. The fourth-order valence-electron chi connectivity index (χ4n) is 1.28. The van der Waals surface area contributed by atoms with Crippen LogP contribution in [0.3, 0.4) is 0 Å². The molecule has 1 aliphatic rings. The summed E-state index contributed by atoms with van der Waals surface area (Å²) in [5.74, 6) is -0.330. The smallest absolute Gasteiger partial charge is 0.254 e. The van der Waals surface area contributed by atoms with Crippen LogP contribution in [0.4, 0.5) is 0 Å². The molecular formula is C8H14NO5+.